The Labute approximate surface area is 364 Å². The number of halogens is 2. The van der Waals surface area contributed by atoms with E-state index in [9.17, 15) is 29.1 Å². The Balaban J connectivity index is 0.898. The summed E-state index contributed by atoms with van der Waals surface area (Å²) < 4.78 is 36.3. The van der Waals surface area contributed by atoms with Crippen molar-refractivity contribution in [3.63, 3.8) is 0 Å². The van der Waals surface area contributed by atoms with Crippen LogP contribution in [0.25, 0.3) is 0 Å². The Morgan fingerprint density at radius 3 is 2.41 bits per heavy atom. The number of anilines is 5. The van der Waals surface area contributed by atoms with Gasteiger partial charge in [0.25, 0.3) is 5.91 Å². The normalized spacial score (nSPS) is 22.6. The van der Waals surface area contributed by atoms with Crippen molar-refractivity contribution in [1.82, 2.24) is 25.5 Å². The van der Waals surface area contributed by atoms with E-state index >= 15 is 8.78 Å². The molecule has 336 valence electrons. The lowest BCUT2D eigenvalue weighted by Crippen LogP contribution is -2.57. The lowest BCUT2D eigenvalue weighted by Gasteiger charge is -2.43. The average Bonchev–Trinajstić information content (AvgIpc) is 4.00. The number of hydrogen-bond donors (Lipinski definition) is 4. The van der Waals surface area contributed by atoms with Gasteiger partial charge in [-0.05, 0) is 81.7 Å². The maximum Gasteiger partial charge on any atom is 0.251 e. The lowest BCUT2D eigenvalue weighted by atomic mass is 9.83. The highest BCUT2D eigenvalue weighted by Crippen LogP contribution is 2.41. The maximum absolute atomic E-state index is 15.3. The summed E-state index contributed by atoms with van der Waals surface area (Å²) in [5.74, 6) is -3.46. The molecule has 63 heavy (non-hydrogen) atoms. The lowest BCUT2D eigenvalue weighted by molar-refractivity contribution is -0.137. The van der Waals surface area contributed by atoms with Crippen LogP contribution in [0.1, 0.15) is 99.4 Å². The third kappa shape index (κ3) is 8.61. The number of aliphatic hydroxyl groups excluding tert-OH is 1. The molecule has 18 heteroatoms. The summed E-state index contributed by atoms with van der Waals surface area (Å²) in [6.07, 6.45) is 8.11. The Kier molecular flexibility index (Phi) is 12.5. The highest BCUT2D eigenvalue weighted by Gasteiger charge is 2.43. The molecule has 3 atom stereocenters. The molecule has 16 nitrogen and oxygen atoms in total. The van der Waals surface area contributed by atoms with Gasteiger partial charge in [0.15, 0.2) is 5.82 Å². The number of likely N-dealkylation sites (tertiary alicyclic amines) is 1. The van der Waals surface area contributed by atoms with Gasteiger partial charge in [-0.1, -0.05) is 19.8 Å². The Hall–Kier alpha value is -5.91. The molecule has 0 radical (unpaired) electrons. The monoisotopic (exact) mass is 871 g/mol. The van der Waals surface area contributed by atoms with E-state index in [4.69, 9.17) is 9.72 Å². The second-order valence-corrected chi connectivity index (χ2v) is 17.4. The van der Waals surface area contributed by atoms with Gasteiger partial charge < -0.3 is 40.1 Å². The topological polar surface area (TPSA) is 190 Å². The standard InChI is InChI=1S/C45H55F2N9O7/c1-4-34-43(62)53(2)35-24-48-44(51-39(35)56(34)28-7-5-6-8-28)49-33-11-9-26(21-36(33)63-3)40(59)52-45(16-20-57)14-18-54(19-15-45)42(61)27-13-17-55(25-27)29-22-31(46)38(32(47)23-29)30-10-12-37(58)50-41(30)60/h9,11,21-24,27-28,30,34,57H,4-8,10,12-20,25H2,1-3H3,(H,52,59)(H,48,49,51)(H,50,58,60)/t27-,30?,34?/m1/s1. The Bertz CT molecular complexity index is 2260. The Morgan fingerprint density at radius 1 is 1.02 bits per heavy atom. The van der Waals surface area contributed by atoms with Crippen LogP contribution in [0, 0.1) is 17.6 Å². The molecule has 8 rings (SSSR count). The number of aliphatic hydroxyl groups is 1. The number of rotatable bonds is 12. The van der Waals surface area contributed by atoms with Gasteiger partial charge >= 0.3 is 0 Å². The van der Waals surface area contributed by atoms with Crippen LogP contribution in [0.4, 0.5) is 37.6 Å². The van der Waals surface area contributed by atoms with Gasteiger partial charge in [0.1, 0.15) is 29.1 Å². The third-order valence-electron chi connectivity index (χ3n) is 13.7. The van der Waals surface area contributed by atoms with Crippen molar-refractivity contribution in [3.05, 3.63) is 59.3 Å². The number of fused-ring (bicyclic) bond motifs is 1. The maximum atomic E-state index is 15.3. The molecule has 4 aliphatic heterocycles. The number of methoxy groups -OCH3 is 1. The van der Waals surface area contributed by atoms with E-state index in [0.29, 0.717) is 79.8 Å². The van der Waals surface area contributed by atoms with Gasteiger partial charge in [-0.15, -0.1) is 0 Å². The van der Waals surface area contributed by atoms with Gasteiger partial charge in [-0.25, -0.2) is 13.8 Å². The number of hydrogen-bond acceptors (Lipinski definition) is 12. The van der Waals surface area contributed by atoms with Crippen LogP contribution in [-0.4, -0.2) is 114 Å². The molecule has 0 spiro atoms. The van der Waals surface area contributed by atoms with Gasteiger partial charge in [0.2, 0.25) is 29.6 Å². The quantitative estimate of drug-likeness (QED) is 0.187. The Morgan fingerprint density at radius 2 is 1.75 bits per heavy atom. The summed E-state index contributed by atoms with van der Waals surface area (Å²) >= 11 is 0. The van der Waals surface area contributed by atoms with E-state index in [0.717, 1.165) is 25.7 Å². The van der Waals surface area contributed by atoms with E-state index < -0.39 is 40.8 Å². The van der Waals surface area contributed by atoms with E-state index in [1.54, 1.807) is 46.1 Å². The van der Waals surface area contributed by atoms with E-state index in [1.807, 2.05) is 6.92 Å². The predicted molar refractivity (Wildman–Crippen MR) is 230 cm³/mol. The van der Waals surface area contributed by atoms with Crippen molar-refractivity contribution in [2.45, 2.75) is 101 Å². The zero-order valence-corrected chi connectivity index (χ0v) is 35.9. The zero-order valence-electron chi connectivity index (χ0n) is 35.9. The summed E-state index contributed by atoms with van der Waals surface area (Å²) in [5, 5.41) is 18.6. The SMILES string of the molecule is CCC1C(=O)N(C)c2cnc(Nc3ccc(C(=O)NC4(CCO)CCN(C(=O)[C@@H]5CCN(c6cc(F)c(C7CCC(=O)NC7=O)c(F)c6)C5)CC4)cc3OC)nc2N1C1CCCC1. The minimum atomic E-state index is -1.10. The van der Waals surface area contributed by atoms with Crippen molar-refractivity contribution >= 4 is 58.4 Å². The first-order valence-electron chi connectivity index (χ1n) is 22.0. The number of carbonyl (C=O) groups excluding carboxylic acids is 5. The number of benzene rings is 2. The average molecular weight is 872 g/mol. The van der Waals surface area contributed by atoms with Gasteiger partial charge in [-0.2, -0.15) is 4.98 Å². The first-order chi connectivity index (χ1) is 30.3. The molecule has 4 fully saturated rings. The van der Waals surface area contributed by atoms with Crippen LogP contribution in [0.3, 0.4) is 0 Å². The fourth-order valence-electron chi connectivity index (χ4n) is 10.1. The molecule has 3 saturated heterocycles. The highest BCUT2D eigenvalue weighted by atomic mass is 19.1. The van der Waals surface area contributed by atoms with Crippen molar-refractivity contribution in [2.75, 3.05) is 67.0 Å². The van der Waals surface area contributed by atoms with E-state index in [2.05, 4.69) is 25.8 Å². The first-order valence-corrected chi connectivity index (χ1v) is 22.0. The molecule has 1 saturated carbocycles. The number of likely N-dealkylation sites (N-methyl/N-ethyl adjacent to an activating group) is 1. The predicted octanol–water partition coefficient (Wildman–Crippen LogP) is 4.53. The molecular formula is C45H55F2N9O7. The van der Waals surface area contributed by atoms with Crippen molar-refractivity contribution in [3.8, 4) is 5.75 Å². The molecule has 2 aromatic carbocycles. The van der Waals surface area contributed by atoms with Crippen LogP contribution in [-0.2, 0) is 19.2 Å². The number of piperidine rings is 2. The zero-order chi connectivity index (χ0) is 44.6. The van der Waals surface area contributed by atoms with Crippen LogP contribution in [0.15, 0.2) is 36.5 Å². The van der Waals surface area contributed by atoms with Gasteiger partial charge in [-0.3, -0.25) is 29.3 Å². The number of imide groups is 1. The van der Waals surface area contributed by atoms with Crippen molar-refractivity contribution in [2.24, 2.45) is 5.92 Å². The summed E-state index contributed by atoms with van der Waals surface area (Å²) in [5.41, 5.74) is 0.659. The van der Waals surface area contributed by atoms with Crippen molar-refractivity contribution in [1.29, 1.82) is 0 Å². The van der Waals surface area contributed by atoms with Gasteiger partial charge in [0, 0.05) is 74.6 Å². The number of amides is 5. The fraction of sp³-hybridized carbons (Fsp3) is 0.533. The number of nitrogens with one attached hydrogen (secondary N) is 3. The molecule has 1 aliphatic carbocycles. The number of carbonyl (C=O) groups is 5. The molecule has 3 aromatic rings. The first kappa shape index (κ1) is 43.7. The van der Waals surface area contributed by atoms with Crippen LogP contribution in [0.5, 0.6) is 5.75 Å². The number of ether oxygens (including phenoxy) is 1. The summed E-state index contributed by atoms with van der Waals surface area (Å²) in [7, 11) is 3.26. The number of nitrogens with zero attached hydrogens (tertiary/aromatic N) is 6. The van der Waals surface area contributed by atoms with E-state index in [1.165, 1.54) is 19.2 Å². The fourth-order valence-corrected chi connectivity index (χ4v) is 10.1. The highest BCUT2D eigenvalue weighted by molar-refractivity contribution is 6.04. The second kappa shape index (κ2) is 18.1. The van der Waals surface area contributed by atoms with Crippen LogP contribution < -0.4 is 35.4 Å². The summed E-state index contributed by atoms with van der Waals surface area (Å²) in [6.45, 7) is 3.19. The minimum Gasteiger partial charge on any atom is -0.495 e. The molecule has 5 heterocycles. The molecular weight excluding hydrogens is 817 g/mol. The smallest absolute Gasteiger partial charge is 0.251 e. The molecule has 5 aliphatic rings. The van der Waals surface area contributed by atoms with Crippen LogP contribution >= 0.6 is 0 Å². The van der Waals surface area contributed by atoms with Crippen molar-refractivity contribution < 1.29 is 42.6 Å². The molecule has 0 bridgehead atoms. The second-order valence-electron chi connectivity index (χ2n) is 17.4. The largest absolute Gasteiger partial charge is 0.495 e. The minimum absolute atomic E-state index is 0.00401. The summed E-state index contributed by atoms with van der Waals surface area (Å²) in [4.78, 5) is 81.6. The summed E-state index contributed by atoms with van der Waals surface area (Å²) in [6, 6.07) is 7.28. The molecule has 2 unspecified atom stereocenters. The third-order valence-corrected chi connectivity index (χ3v) is 13.7. The van der Waals surface area contributed by atoms with Gasteiger partial charge in [0.05, 0.1) is 30.8 Å². The molecule has 5 amide bonds. The molecule has 4 N–H and O–H groups in total. The molecule has 1 aromatic heterocycles. The number of aromatic nitrogens is 2. The van der Waals surface area contributed by atoms with Crippen LogP contribution in [0.2, 0.25) is 0 Å². The van der Waals surface area contributed by atoms with E-state index in [-0.39, 0.29) is 73.5 Å².